The van der Waals surface area contributed by atoms with Gasteiger partial charge in [0.1, 0.15) is 11.6 Å². The van der Waals surface area contributed by atoms with Crippen molar-refractivity contribution in [3.8, 4) is 5.75 Å². The molecule has 0 heterocycles. The van der Waals surface area contributed by atoms with E-state index >= 15 is 0 Å². The lowest BCUT2D eigenvalue weighted by Crippen LogP contribution is -2.30. The van der Waals surface area contributed by atoms with Gasteiger partial charge in [0.05, 0.1) is 12.7 Å². The van der Waals surface area contributed by atoms with Gasteiger partial charge in [-0.3, -0.25) is 0 Å². The molecule has 0 amide bonds. The molecule has 110 valence electrons. The summed E-state index contributed by atoms with van der Waals surface area (Å²) in [5.41, 5.74) is -1.42. The van der Waals surface area contributed by atoms with E-state index in [0.29, 0.717) is 12.1 Å². The van der Waals surface area contributed by atoms with Gasteiger partial charge in [-0.15, -0.1) is 0 Å². The molecule has 1 saturated carbocycles. The molecule has 0 aromatic heterocycles. The fourth-order valence-corrected chi connectivity index (χ4v) is 1.79. The molecule has 0 N–H and O–H groups in total. The Kier molecular flexibility index (Phi) is 3.87. The van der Waals surface area contributed by atoms with Gasteiger partial charge in [0.25, 0.3) is 0 Å². The number of alkyl halides is 3. The smallest absolute Gasteiger partial charge is 0.419 e. The number of hydrogen-bond donors (Lipinski definition) is 0. The maximum atomic E-state index is 13.1. The van der Waals surface area contributed by atoms with Crippen LogP contribution in [-0.2, 0) is 15.7 Å². The molecule has 20 heavy (non-hydrogen) atoms. The van der Waals surface area contributed by atoms with Crippen LogP contribution in [0.25, 0.3) is 0 Å². The highest BCUT2D eigenvalue weighted by molar-refractivity contribution is 5.75. The Morgan fingerprint density at radius 2 is 2.00 bits per heavy atom. The molecule has 0 radical (unpaired) electrons. The monoisotopic (exact) mass is 292 g/mol. The Balaban J connectivity index is 2.22. The van der Waals surface area contributed by atoms with Crippen LogP contribution in [0.1, 0.15) is 18.4 Å². The van der Waals surface area contributed by atoms with Crippen molar-refractivity contribution in [3.63, 3.8) is 0 Å². The largest absolute Gasteiger partial charge is 0.478 e. The molecule has 0 saturated heterocycles. The van der Waals surface area contributed by atoms with Gasteiger partial charge in [0.2, 0.25) is 0 Å². The van der Waals surface area contributed by atoms with Crippen molar-refractivity contribution in [2.24, 2.45) is 5.92 Å². The van der Waals surface area contributed by atoms with E-state index < -0.39 is 29.6 Å². The molecular weight excluding hydrogens is 280 g/mol. The lowest BCUT2D eigenvalue weighted by Gasteiger charge is -2.17. The first-order valence-electron chi connectivity index (χ1n) is 5.94. The Morgan fingerprint density at radius 1 is 1.35 bits per heavy atom. The molecule has 1 aliphatic carbocycles. The summed E-state index contributed by atoms with van der Waals surface area (Å²) in [6.07, 6.45) is -4.28. The molecule has 2 rings (SSSR count). The summed E-state index contributed by atoms with van der Waals surface area (Å²) in [4.78, 5) is 11.5. The van der Waals surface area contributed by atoms with Crippen molar-refractivity contribution in [1.29, 1.82) is 0 Å². The molecule has 1 fully saturated rings. The third-order valence-corrected chi connectivity index (χ3v) is 2.99. The van der Waals surface area contributed by atoms with Crippen LogP contribution < -0.4 is 4.74 Å². The van der Waals surface area contributed by atoms with Gasteiger partial charge in [-0.05, 0) is 31.0 Å². The Bertz CT molecular complexity index is 509. The zero-order chi connectivity index (χ0) is 14.9. The zero-order valence-corrected chi connectivity index (χ0v) is 10.5. The summed E-state index contributed by atoms with van der Waals surface area (Å²) in [5.74, 6) is -2.31. The van der Waals surface area contributed by atoms with Crippen molar-refractivity contribution >= 4 is 5.97 Å². The van der Waals surface area contributed by atoms with Gasteiger partial charge in [-0.2, -0.15) is 13.2 Å². The molecule has 1 atom stereocenters. The van der Waals surface area contributed by atoms with E-state index in [1.807, 2.05) is 0 Å². The van der Waals surface area contributed by atoms with Gasteiger partial charge in [0.15, 0.2) is 6.10 Å². The summed E-state index contributed by atoms with van der Waals surface area (Å²) in [5, 5.41) is 0. The number of carbonyl (C=O) groups excluding carboxylic acids is 1. The highest BCUT2D eigenvalue weighted by Gasteiger charge is 2.40. The Morgan fingerprint density at radius 3 is 2.50 bits per heavy atom. The number of hydrogen-bond acceptors (Lipinski definition) is 3. The van der Waals surface area contributed by atoms with Crippen molar-refractivity contribution in [3.05, 3.63) is 29.6 Å². The predicted octanol–water partition coefficient (Wildman–Crippen LogP) is 3.17. The minimum absolute atomic E-state index is 0.0677. The van der Waals surface area contributed by atoms with Gasteiger partial charge < -0.3 is 9.47 Å². The lowest BCUT2D eigenvalue weighted by molar-refractivity contribution is -0.149. The fourth-order valence-electron chi connectivity index (χ4n) is 1.79. The third-order valence-electron chi connectivity index (χ3n) is 2.99. The molecule has 1 aromatic rings. The van der Waals surface area contributed by atoms with E-state index in [-0.39, 0.29) is 11.7 Å². The number of rotatable bonds is 4. The highest BCUT2D eigenvalue weighted by atomic mass is 19.4. The number of esters is 1. The summed E-state index contributed by atoms with van der Waals surface area (Å²) < 4.78 is 60.6. The van der Waals surface area contributed by atoms with Gasteiger partial charge >= 0.3 is 12.1 Å². The van der Waals surface area contributed by atoms with E-state index in [0.717, 1.165) is 18.9 Å². The molecular formula is C13H12F4O3. The van der Waals surface area contributed by atoms with Gasteiger partial charge in [-0.1, -0.05) is 0 Å². The van der Waals surface area contributed by atoms with E-state index in [1.165, 1.54) is 7.11 Å². The topological polar surface area (TPSA) is 35.5 Å². The summed E-state index contributed by atoms with van der Waals surface area (Å²) in [7, 11) is 1.17. The predicted molar refractivity (Wildman–Crippen MR) is 60.6 cm³/mol. The van der Waals surface area contributed by atoms with Crippen LogP contribution >= 0.6 is 0 Å². The van der Waals surface area contributed by atoms with Gasteiger partial charge in [-0.25, -0.2) is 9.18 Å². The normalized spacial score (nSPS) is 16.6. The first-order valence-corrected chi connectivity index (χ1v) is 5.94. The number of methoxy groups -OCH3 is 1. The van der Waals surface area contributed by atoms with E-state index in [9.17, 15) is 22.4 Å². The van der Waals surface area contributed by atoms with E-state index in [1.54, 1.807) is 0 Å². The number of carbonyl (C=O) groups is 1. The van der Waals surface area contributed by atoms with Crippen molar-refractivity contribution in [2.45, 2.75) is 25.1 Å². The summed E-state index contributed by atoms with van der Waals surface area (Å²) >= 11 is 0. The van der Waals surface area contributed by atoms with Crippen LogP contribution in [0.5, 0.6) is 5.75 Å². The van der Waals surface area contributed by atoms with Crippen LogP contribution in [0.4, 0.5) is 17.6 Å². The molecule has 7 heteroatoms. The fraction of sp³-hybridized carbons (Fsp3) is 0.462. The first kappa shape index (κ1) is 14.6. The van der Waals surface area contributed by atoms with E-state index in [2.05, 4.69) is 4.74 Å². The molecule has 0 spiro atoms. The second-order valence-electron chi connectivity index (χ2n) is 4.54. The minimum atomic E-state index is -4.82. The second kappa shape index (κ2) is 5.30. The average Bonchev–Trinajstić information content (AvgIpc) is 3.19. The second-order valence-corrected chi connectivity index (χ2v) is 4.54. The molecule has 3 nitrogen and oxygen atoms in total. The third kappa shape index (κ3) is 3.20. The van der Waals surface area contributed by atoms with E-state index in [4.69, 9.17) is 4.74 Å². The van der Waals surface area contributed by atoms with Crippen LogP contribution in [0.15, 0.2) is 18.2 Å². The lowest BCUT2D eigenvalue weighted by atomic mass is 10.2. The SMILES string of the molecule is COC(=O)C(Oc1ccc(F)c(C(F)(F)F)c1)C1CC1. The number of halogens is 4. The number of ether oxygens (including phenoxy) is 2. The Hall–Kier alpha value is -1.79. The molecule has 0 bridgehead atoms. The quantitative estimate of drug-likeness (QED) is 0.631. The zero-order valence-electron chi connectivity index (χ0n) is 10.5. The van der Waals surface area contributed by atoms with Crippen molar-refractivity contribution < 1.29 is 31.8 Å². The van der Waals surface area contributed by atoms with Crippen LogP contribution in [0.3, 0.4) is 0 Å². The maximum Gasteiger partial charge on any atom is 0.419 e. The van der Waals surface area contributed by atoms with Crippen LogP contribution in [0.2, 0.25) is 0 Å². The molecule has 1 aromatic carbocycles. The molecule has 1 unspecified atom stereocenters. The maximum absolute atomic E-state index is 13.1. The Labute approximate surface area is 112 Å². The van der Waals surface area contributed by atoms with Crippen LogP contribution in [-0.4, -0.2) is 19.2 Å². The summed E-state index contributed by atoms with van der Waals surface area (Å²) in [6, 6.07) is 2.27. The molecule has 0 aliphatic heterocycles. The van der Waals surface area contributed by atoms with Crippen molar-refractivity contribution in [2.75, 3.05) is 7.11 Å². The number of benzene rings is 1. The van der Waals surface area contributed by atoms with Crippen molar-refractivity contribution in [1.82, 2.24) is 0 Å². The van der Waals surface area contributed by atoms with Gasteiger partial charge in [0, 0.05) is 5.92 Å². The highest BCUT2D eigenvalue weighted by Crippen LogP contribution is 2.37. The standard InChI is InChI=1S/C13H12F4O3/c1-19-12(18)11(7-2-3-7)20-8-4-5-10(14)9(6-8)13(15,16)17/h4-7,11H,2-3H2,1H3. The first-order chi connectivity index (χ1) is 9.32. The molecule has 1 aliphatic rings. The average molecular weight is 292 g/mol. The van der Waals surface area contributed by atoms with Crippen LogP contribution in [0, 0.1) is 11.7 Å². The summed E-state index contributed by atoms with van der Waals surface area (Å²) in [6.45, 7) is 0. The minimum Gasteiger partial charge on any atom is -0.478 e.